The van der Waals surface area contributed by atoms with Gasteiger partial charge in [0.15, 0.2) is 0 Å². The molecule has 0 unspecified atom stereocenters. The Labute approximate surface area is 107 Å². The third kappa shape index (κ3) is 4.25. The highest BCUT2D eigenvalue weighted by Crippen LogP contribution is 2.23. The van der Waals surface area contributed by atoms with Gasteiger partial charge in [0, 0.05) is 6.61 Å². The van der Waals surface area contributed by atoms with E-state index in [1.807, 2.05) is 0 Å². The molecule has 100 valence electrons. The molecule has 1 aromatic carbocycles. The molecule has 5 heteroatoms. The fraction of sp³-hybridized carbons (Fsp3) is 0.462. The largest absolute Gasteiger partial charge is 0.491 e. The van der Waals surface area contributed by atoms with Crippen LogP contribution in [0.15, 0.2) is 18.2 Å². The molecule has 18 heavy (non-hydrogen) atoms. The lowest BCUT2D eigenvalue weighted by Crippen LogP contribution is -2.05. The molecule has 0 saturated heterocycles. The first-order chi connectivity index (χ1) is 8.69. The number of nitrogens with two attached hydrogens (primary N) is 1. The van der Waals surface area contributed by atoms with Crippen molar-refractivity contribution in [2.45, 2.75) is 19.3 Å². The van der Waals surface area contributed by atoms with Crippen LogP contribution in [0.1, 0.15) is 29.6 Å². The second-order valence-electron chi connectivity index (χ2n) is 3.88. The zero-order chi connectivity index (χ0) is 13.4. The van der Waals surface area contributed by atoms with Crippen molar-refractivity contribution in [3.63, 3.8) is 0 Å². The fourth-order valence-corrected chi connectivity index (χ4v) is 1.50. The number of hydrogen-bond donors (Lipinski definition) is 2. The highest BCUT2D eigenvalue weighted by atomic mass is 16.5. The number of hydrogen-bond acceptors (Lipinski definition) is 5. The first kappa shape index (κ1) is 14.3. The predicted octanol–water partition coefficient (Wildman–Crippen LogP) is 1.60. The molecule has 0 radical (unpaired) electrons. The molecule has 0 saturated carbocycles. The van der Waals surface area contributed by atoms with Gasteiger partial charge in [0.1, 0.15) is 5.75 Å². The first-order valence-corrected chi connectivity index (χ1v) is 5.90. The first-order valence-electron chi connectivity index (χ1n) is 5.90. The summed E-state index contributed by atoms with van der Waals surface area (Å²) in [5.74, 6) is 0.142. The maximum absolute atomic E-state index is 11.3. The van der Waals surface area contributed by atoms with E-state index in [4.69, 9.17) is 15.6 Å². The van der Waals surface area contributed by atoms with E-state index < -0.39 is 5.97 Å². The molecule has 0 aliphatic heterocycles. The average Bonchev–Trinajstić information content (AvgIpc) is 2.39. The van der Waals surface area contributed by atoms with Crippen molar-refractivity contribution in [3.8, 4) is 5.75 Å². The van der Waals surface area contributed by atoms with Crippen molar-refractivity contribution >= 4 is 11.7 Å². The normalized spacial score (nSPS) is 10.1. The Hall–Kier alpha value is -1.75. The Kier molecular flexibility index (Phi) is 6.00. The molecule has 0 heterocycles. The van der Waals surface area contributed by atoms with Gasteiger partial charge < -0.3 is 20.3 Å². The zero-order valence-electron chi connectivity index (χ0n) is 10.5. The van der Waals surface area contributed by atoms with E-state index >= 15 is 0 Å². The second-order valence-corrected chi connectivity index (χ2v) is 3.88. The summed E-state index contributed by atoms with van der Waals surface area (Å²) in [6.07, 6.45) is 2.55. The van der Waals surface area contributed by atoms with Crippen LogP contribution in [0.25, 0.3) is 0 Å². The fourth-order valence-electron chi connectivity index (χ4n) is 1.50. The molecule has 0 aliphatic carbocycles. The summed E-state index contributed by atoms with van der Waals surface area (Å²) < 4.78 is 10.1. The number of carbonyl (C=O) groups is 1. The number of esters is 1. The van der Waals surface area contributed by atoms with E-state index in [0.29, 0.717) is 23.6 Å². The molecule has 1 rings (SSSR count). The van der Waals surface area contributed by atoms with E-state index in [-0.39, 0.29) is 6.61 Å². The van der Waals surface area contributed by atoms with Crippen molar-refractivity contribution in [3.05, 3.63) is 23.8 Å². The summed E-state index contributed by atoms with van der Waals surface area (Å²) in [6, 6.07) is 4.81. The Morgan fingerprint density at radius 2 is 2.11 bits per heavy atom. The van der Waals surface area contributed by atoms with Crippen molar-refractivity contribution in [1.29, 1.82) is 0 Å². The van der Waals surface area contributed by atoms with Gasteiger partial charge in [-0.15, -0.1) is 0 Å². The summed E-state index contributed by atoms with van der Waals surface area (Å²) in [6.45, 7) is 0.748. The van der Waals surface area contributed by atoms with Gasteiger partial charge in [-0.2, -0.15) is 0 Å². The smallest absolute Gasteiger partial charge is 0.337 e. The molecule has 0 fully saturated rings. The number of methoxy groups -OCH3 is 1. The van der Waals surface area contributed by atoms with Crippen molar-refractivity contribution in [2.24, 2.45) is 0 Å². The highest BCUT2D eigenvalue weighted by Gasteiger charge is 2.08. The van der Waals surface area contributed by atoms with Crippen molar-refractivity contribution < 1.29 is 19.4 Å². The maximum atomic E-state index is 11.3. The summed E-state index contributed by atoms with van der Waals surface area (Å²) in [7, 11) is 1.32. The Bertz CT molecular complexity index is 393. The van der Waals surface area contributed by atoms with Crippen LogP contribution in [0.4, 0.5) is 5.69 Å². The van der Waals surface area contributed by atoms with Crippen LogP contribution in [0, 0.1) is 0 Å². The van der Waals surface area contributed by atoms with Crippen LogP contribution < -0.4 is 10.5 Å². The van der Waals surface area contributed by atoms with Crippen molar-refractivity contribution in [2.75, 3.05) is 26.1 Å². The van der Waals surface area contributed by atoms with E-state index in [1.54, 1.807) is 12.1 Å². The molecule has 0 aromatic heterocycles. The SMILES string of the molecule is COC(=O)c1ccc(OCCCCCO)c(N)c1. The van der Waals surface area contributed by atoms with Gasteiger partial charge in [-0.1, -0.05) is 0 Å². The van der Waals surface area contributed by atoms with Gasteiger partial charge in [-0.25, -0.2) is 4.79 Å². The summed E-state index contributed by atoms with van der Waals surface area (Å²) in [5.41, 5.74) is 6.60. The van der Waals surface area contributed by atoms with Crippen LogP contribution in [-0.4, -0.2) is 31.4 Å². The van der Waals surface area contributed by atoms with Gasteiger partial charge in [0.25, 0.3) is 0 Å². The molecule has 3 N–H and O–H groups in total. The topological polar surface area (TPSA) is 81.8 Å². The van der Waals surface area contributed by atoms with Crippen molar-refractivity contribution in [1.82, 2.24) is 0 Å². The average molecular weight is 253 g/mol. The van der Waals surface area contributed by atoms with E-state index in [2.05, 4.69) is 4.74 Å². The number of ether oxygens (including phenoxy) is 2. The number of aliphatic hydroxyl groups is 1. The highest BCUT2D eigenvalue weighted by molar-refractivity contribution is 5.90. The quantitative estimate of drug-likeness (QED) is 0.438. The molecule has 0 aliphatic rings. The molecule has 0 spiro atoms. The lowest BCUT2D eigenvalue weighted by atomic mass is 10.2. The molecule has 0 atom stereocenters. The minimum Gasteiger partial charge on any atom is -0.491 e. The van der Waals surface area contributed by atoms with Gasteiger partial charge in [-0.3, -0.25) is 0 Å². The van der Waals surface area contributed by atoms with Crippen LogP contribution >= 0.6 is 0 Å². The van der Waals surface area contributed by atoms with E-state index in [9.17, 15) is 4.79 Å². The molecule has 5 nitrogen and oxygen atoms in total. The van der Waals surface area contributed by atoms with Gasteiger partial charge in [0.2, 0.25) is 0 Å². The summed E-state index contributed by atoms with van der Waals surface area (Å²) >= 11 is 0. The molecule has 0 amide bonds. The third-order valence-corrected chi connectivity index (χ3v) is 2.49. The number of anilines is 1. The Morgan fingerprint density at radius 3 is 2.72 bits per heavy atom. The lowest BCUT2D eigenvalue weighted by Gasteiger charge is -2.09. The van der Waals surface area contributed by atoms with Crippen LogP contribution in [-0.2, 0) is 4.74 Å². The number of rotatable bonds is 7. The molecular weight excluding hydrogens is 234 g/mol. The maximum Gasteiger partial charge on any atom is 0.337 e. The summed E-state index contributed by atoms with van der Waals surface area (Å²) in [5, 5.41) is 8.63. The van der Waals surface area contributed by atoms with Gasteiger partial charge >= 0.3 is 5.97 Å². The summed E-state index contributed by atoms with van der Waals surface area (Å²) in [4.78, 5) is 11.3. The zero-order valence-corrected chi connectivity index (χ0v) is 10.5. The monoisotopic (exact) mass is 253 g/mol. The molecule has 1 aromatic rings. The van der Waals surface area contributed by atoms with E-state index in [1.165, 1.54) is 13.2 Å². The van der Waals surface area contributed by atoms with E-state index in [0.717, 1.165) is 19.3 Å². The lowest BCUT2D eigenvalue weighted by molar-refractivity contribution is 0.0601. The molecular formula is C13H19NO4. The number of nitrogen functional groups attached to an aromatic ring is 1. The Balaban J connectivity index is 2.49. The second kappa shape index (κ2) is 7.55. The van der Waals surface area contributed by atoms with Crippen LogP contribution in [0.2, 0.25) is 0 Å². The number of aliphatic hydroxyl groups excluding tert-OH is 1. The van der Waals surface area contributed by atoms with Gasteiger partial charge in [-0.05, 0) is 37.5 Å². The minimum atomic E-state index is -0.420. The standard InChI is InChI=1S/C13H19NO4/c1-17-13(16)10-5-6-12(11(14)9-10)18-8-4-2-3-7-15/h5-6,9,15H,2-4,7-8,14H2,1H3. The van der Waals surface area contributed by atoms with Crippen LogP contribution in [0.5, 0.6) is 5.75 Å². The minimum absolute atomic E-state index is 0.204. The third-order valence-electron chi connectivity index (χ3n) is 2.49. The number of benzene rings is 1. The predicted molar refractivity (Wildman–Crippen MR) is 68.6 cm³/mol. The number of carbonyl (C=O) groups excluding carboxylic acids is 1. The molecule has 0 bridgehead atoms. The van der Waals surface area contributed by atoms with Gasteiger partial charge in [0.05, 0.1) is 25.0 Å². The number of unbranched alkanes of at least 4 members (excludes halogenated alkanes) is 2. The van der Waals surface area contributed by atoms with Crippen LogP contribution in [0.3, 0.4) is 0 Å². The Morgan fingerprint density at radius 1 is 1.33 bits per heavy atom.